The number of nitro benzene ring substituents is 1. The van der Waals surface area contributed by atoms with E-state index < -0.39 is 11.0 Å². The molecule has 3 rings (SSSR count). The normalized spacial score (nSPS) is 12.1. The highest BCUT2D eigenvalue weighted by Gasteiger charge is 2.15. The minimum atomic E-state index is -0.563. The zero-order chi connectivity index (χ0) is 17.1. The van der Waals surface area contributed by atoms with Crippen molar-refractivity contribution in [3.63, 3.8) is 0 Å². The van der Waals surface area contributed by atoms with Gasteiger partial charge in [0.05, 0.1) is 11.0 Å². The van der Waals surface area contributed by atoms with Crippen molar-refractivity contribution < 1.29 is 9.31 Å². The first-order valence-electron chi connectivity index (χ1n) is 7.18. The molecule has 7 nitrogen and oxygen atoms in total. The van der Waals surface area contributed by atoms with E-state index in [0.29, 0.717) is 23.6 Å². The predicted octanol–water partition coefficient (Wildman–Crippen LogP) is 2.49. The van der Waals surface area contributed by atoms with Crippen molar-refractivity contribution in [3.05, 3.63) is 87.2 Å². The molecule has 1 atom stereocenters. The summed E-state index contributed by atoms with van der Waals surface area (Å²) >= 11 is 0. The number of aromatic amines is 1. The first-order chi connectivity index (χ1) is 11.5. The van der Waals surface area contributed by atoms with E-state index in [1.807, 2.05) is 0 Å². The number of non-ortho nitro benzene ring substituents is 1. The third-order valence-corrected chi connectivity index (χ3v) is 3.58. The van der Waals surface area contributed by atoms with Crippen molar-refractivity contribution in [1.29, 1.82) is 0 Å². The Bertz CT molecular complexity index is 846. The SMILES string of the molecule is N[C@@H](c1ccc(F)cc1)c1n[nH]c(Cc2ccc([N+](=O)[O-])cc2)n1. The van der Waals surface area contributed by atoms with Gasteiger partial charge >= 0.3 is 0 Å². The van der Waals surface area contributed by atoms with Crippen LogP contribution < -0.4 is 5.73 Å². The second-order valence-electron chi connectivity index (χ2n) is 5.27. The maximum atomic E-state index is 13.0. The van der Waals surface area contributed by atoms with E-state index in [9.17, 15) is 14.5 Å². The monoisotopic (exact) mass is 327 g/mol. The van der Waals surface area contributed by atoms with Crippen molar-refractivity contribution >= 4 is 5.69 Å². The maximum Gasteiger partial charge on any atom is 0.269 e. The maximum absolute atomic E-state index is 13.0. The van der Waals surface area contributed by atoms with Gasteiger partial charge in [0.15, 0.2) is 5.82 Å². The van der Waals surface area contributed by atoms with E-state index in [-0.39, 0.29) is 11.5 Å². The van der Waals surface area contributed by atoms with Crippen LogP contribution in [0.5, 0.6) is 0 Å². The molecule has 0 aliphatic carbocycles. The predicted molar refractivity (Wildman–Crippen MR) is 84.7 cm³/mol. The van der Waals surface area contributed by atoms with Crippen molar-refractivity contribution in [2.24, 2.45) is 5.73 Å². The van der Waals surface area contributed by atoms with Crippen LogP contribution in [-0.2, 0) is 6.42 Å². The molecule has 0 aliphatic heterocycles. The van der Waals surface area contributed by atoms with Crippen LogP contribution in [0.1, 0.15) is 28.8 Å². The van der Waals surface area contributed by atoms with Gasteiger partial charge in [0.1, 0.15) is 11.6 Å². The van der Waals surface area contributed by atoms with E-state index in [4.69, 9.17) is 5.73 Å². The third kappa shape index (κ3) is 3.44. The lowest BCUT2D eigenvalue weighted by molar-refractivity contribution is -0.384. The Kier molecular flexibility index (Phi) is 4.30. The summed E-state index contributed by atoms with van der Waals surface area (Å²) in [4.78, 5) is 14.5. The Labute approximate surface area is 136 Å². The smallest absolute Gasteiger partial charge is 0.269 e. The molecule has 0 aliphatic rings. The number of nitrogens with two attached hydrogens (primary N) is 1. The molecule has 0 bridgehead atoms. The lowest BCUT2D eigenvalue weighted by atomic mass is 10.1. The van der Waals surface area contributed by atoms with Crippen molar-refractivity contribution in [1.82, 2.24) is 15.2 Å². The molecule has 0 unspecified atom stereocenters. The Balaban J connectivity index is 1.73. The number of rotatable bonds is 5. The highest BCUT2D eigenvalue weighted by molar-refractivity contribution is 5.34. The number of nitro groups is 1. The summed E-state index contributed by atoms with van der Waals surface area (Å²) in [6.07, 6.45) is 0.446. The van der Waals surface area contributed by atoms with E-state index in [0.717, 1.165) is 5.56 Å². The Morgan fingerprint density at radius 1 is 1.17 bits per heavy atom. The number of aromatic nitrogens is 3. The van der Waals surface area contributed by atoms with Crippen LogP contribution in [0.2, 0.25) is 0 Å². The van der Waals surface area contributed by atoms with Gasteiger partial charge in [-0.15, -0.1) is 0 Å². The molecule has 3 aromatic rings. The lowest BCUT2D eigenvalue weighted by Gasteiger charge is -2.07. The Morgan fingerprint density at radius 2 is 1.83 bits per heavy atom. The molecule has 0 radical (unpaired) electrons. The summed E-state index contributed by atoms with van der Waals surface area (Å²) in [5.41, 5.74) is 7.69. The van der Waals surface area contributed by atoms with Gasteiger partial charge in [-0.2, -0.15) is 5.10 Å². The van der Waals surface area contributed by atoms with Gasteiger partial charge < -0.3 is 5.73 Å². The molecule has 24 heavy (non-hydrogen) atoms. The lowest BCUT2D eigenvalue weighted by Crippen LogP contribution is -2.13. The minimum absolute atomic E-state index is 0.0374. The van der Waals surface area contributed by atoms with Gasteiger partial charge in [-0.3, -0.25) is 15.2 Å². The van der Waals surface area contributed by atoms with Gasteiger partial charge in [0.2, 0.25) is 0 Å². The first kappa shape index (κ1) is 15.8. The van der Waals surface area contributed by atoms with Crippen LogP contribution in [0.4, 0.5) is 10.1 Å². The van der Waals surface area contributed by atoms with Gasteiger partial charge in [-0.25, -0.2) is 9.37 Å². The highest BCUT2D eigenvalue weighted by atomic mass is 19.1. The highest BCUT2D eigenvalue weighted by Crippen LogP contribution is 2.18. The quantitative estimate of drug-likeness (QED) is 0.552. The van der Waals surface area contributed by atoms with Crippen molar-refractivity contribution in [3.8, 4) is 0 Å². The second-order valence-corrected chi connectivity index (χ2v) is 5.27. The summed E-state index contributed by atoms with van der Waals surface area (Å²) in [6, 6.07) is 11.5. The number of H-pyrrole nitrogens is 1. The number of hydrogen-bond donors (Lipinski definition) is 2. The molecule has 3 N–H and O–H groups in total. The van der Waals surface area contributed by atoms with Crippen LogP contribution in [0.25, 0.3) is 0 Å². The standard InChI is InChI=1S/C16H14FN5O2/c17-12-5-3-11(4-6-12)15(18)16-19-14(20-21-16)9-10-1-7-13(8-2-10)22(23)24/h1-8,15H,9,18H2,(H,19,20,21)/t15-/m0/s1. The summed E-state index contributed by atoms with van der Waals surface area (Å²) < 4.78 is 13.0. The number of nitrogens with one attached hydrogen (secondary N) is 1. The van der Waals surface area contributed by atoms with Gasteiger partial charge in [0.25, 0.3) is 5.69 Å². The van der Waals surface area contributed by atoms with Gasteiger partial charge in [-0.1, -0.05) is 24.3 Å². The van der Waals surface area contributed by atoms with Crippen LogP contribution in [0.3, 0.4) is 0 Å². The third-order valence-electron chi connectivity index (χ3n) is 3.58. The van der Waals surface area contributed by atoms with Crippen LogP contribution in [0, 0.1) is 15.9 Å². The molecule has 0 saturated heterocycles. The topological polar surface area (TPSA) is 111 Å². The molecule has 0 saturated carbocycles. The molecule has 0 amide bonds. The van der Waals surface area contributed by atoms with E-state index in [2.05, 4.69) is 15.2 Å². The van der Waals surface area contributed by atoms with E-state index >= 15 is 0 Å². The number of halogens is 1. The number of nitrogens with zero attached hydrogens (tertiary/aromatic N) is 3. The molecular weight excluding hydrogens is 313 g/mol. The van der Waals surface area contributed by atoms with E-state index in [1.165, 1.54) is 24.3 Å². The largest absolute Gasteiger partial charge is 0.318 e. The number of hydrogen-bond acceptors (Lipinski definition) is 5. The fraction of sp³-hybridized carbons (Fsp3) is 0.125. The fourth-order valence-corrected chi connectivity index (χ4v) is 2.28. The van der Waals surface area contributed by atoms with Gasteiger partial charge in [0, 0.05) is 18.6 Å². The van der Waals surface area contributed by atoms with Crippen molar-refractivity contribution in [2.45, 2.75) is 12.5 Å². The van der Waals surface area contributed by atoms with Crippen LogP contribution >= 0.6 is 0 Å². The zero-order valence-corrected chi connectivity index (χ0v) is 12.5. The molecular formula is C16H14FN5O2. The Hall–Kier alpha value is -3.13. The Morgan fingerprint density at radius 3 is 2.46 bits per heavy atom. The minimum Gasteiger partial charge on any atom is -0.318 e. The molecule has 8 heteroatoms. The summed E-state index contributed by atoms with van der Waals surface area (Å²) in [7, 11) is 0. The molecule has 122 valence electrons. The number of benzene rings is 2. The average molecular weight is 327 g/mol. The molecule has 2 aromatic carbocycles. The average Bonchev–Trinajstić information content (AvgIpc) is 3.04. The summed E-state index contributed by atoms with van der Waals surface area (Å²) in [5.74, 6) is 0.662. The van der Waals surface area contributed by atoms with E-state index in [1.54, 1.807) is 24.3 Å². The molecule has 0 spiro atoms. The summed E-state index contributed by atoms with van der Waals surface area (Å²) in [5, 5.41) is 17.5. The fourth-order valence-electron chi connectivity index (χ4n) is 2.28. The molecule has 1 heterocycles. The molecule has 1 aromatic heterocycles. The zero-order valence-electron chi connectivity index (χ0n) is 12.5. The van der Waals surface area contributed by atoms with Crippen LogP contribution in [-0.4, -0.2) is 20.1 Å². The molecule has 0 fully saturated rings. The second kappa shape index (κ2) is 6.55. The summed E-state index contributed by atoms with van der Waals surface area (Å²) in [6.45, 7) is 0. The van der Waals surface area contributed by atoms with Crippen LogP contribution in [0.15, 0.2) is 48.5 Å². The first-order valence-corrected chi connectivity index (χ1v) is 7.18. The van der Waals surface area contributed by atoms with Crippen molar-refractivity contribution in [2.75, 3.05) is 0 Å². The van der Waals surface area contributed by atoms with Gasteiger partial charge in [-0.05, 0) is 23.3 Å².